The van der Waals surface area contributed by atoms with E-state index >= 15 is 0 Å². The van der Waals surface area contributed by atoms with Crippen molar-refractivity contribution < 1.29 is 18.0 Å². The summed E-state index contributed by atoms with van der Waals surface area (Å²) in [7, 11) is 0. The first-order chi connectivity index (χ1) is 23.1. The van der Waals surface area contributed by atoms with Crippen LogP contribution in [0.25, 0.3) is 5.65 Å². The van der Waals surface area contributed by atoms with Crippen molar-refractivity contribution in [1.29, 1.82) is 0 Å². The van der Waals surface area contributed by atoms with Crippen LogP contribution in [0.5, 0.6) is 0 Å². The van der Waals surface area contributed by atoms with E-state index < -0.39 is 17.6 Å². The van der Waals surface area contributed by atoms with E-state index in [1.807, 2.05) is 65.7 Å². The lowest BCUT2D eigenvalue weighted by molar-refractivity contribution is -0.138. The average Bonchev–Trinajstić information content (AvgIpc) is 3.50. The number of halogens is 3. The first-order valence-corrected chi connectivity index (χ1v) is 16.0. The van der Waals surface area contributed by atoms with Gasteiger partial charge in [-0.15, -0.1) is 0 Å². The fraction of sp³-hybridized carbons (Fsp3) is 0.263. The van der Waals surface area contributed by atoms with Gasteiger partial charge in [-0.3, -0.25) is 14.1 Å². The van der Waals surface area contributed by atoms with E-state index in [1.165, 1.54) is 17.7 Å². The highest BCUT2D eigenvalue weighted by Gasteiger charge is 2.34. The van der Waals surface area contributed by atoms with Crippen LogP contribution in [0.3, 0.4) is 0 Å². The first kappa shape index (κ1) is 32.8. The minimum atomic E-state index is -4.55. The lowest BCUT2D eigenvalue weighted by Crippen LogP contribution is -2.45. The highest BCUT2D eigenvalue weighted by molar-refractivity contribution is 6.04. The van der Waals surface area contributed by atoms with E-state index in [9.17, 15) is 18.0 Å². The zero-order valence-corrected chi connectivity index (χ0v) is 27.2. The van der Waals surface area contributed by atoms with Crippen molar-refractivity contribution in [1.82, 2.24) is 19.2 Å². The predicted molar refractivity (Wildman–Crippen MR) is 184 cm³/mol. The highest BCUT2D eigenvalue weighted by Crippen LogP contribution is 2.35. The molecule has 1 fully saturated rings. The predicted octanol–water partition coefficient (Wildman–Crippen LogP) is 7.50. The van der Waals surface area contributed by atoms with Gasteiger partial charge in [0.15, 0.2) is 5.65 Å². The Balaban J connectivity index is 1.19. The standard InChI is InChI=1S/C38H37F3N6O/c1-4-45-18-20-46(21-19-45)25-30-11-15-32(23-34(30)38(39,40)41)44-37(48)29-10-9-27(3)28(22-29)12-16-33-24-42-36-35(6-5-17-47(33)36)43-31-13-7-26(2)8-14-31/h5-11,13-15,17,22-24,43H,4,18-21,25H2,1-3H3,(H,44,48). The molecule has 1 amide bonds. The van der Waals surface area contributed by atoms with E-state index in [4.69, 9.17) is 0 Å². The minimum Gasteiger partial charge on any atom is -0.352 e. The van der Waals surface area contributed by atoms with Gasteiger partial charge in [0.05, 0.1) is 17.4 Å². The van der Waals surface area contributed by atoms with Crippen molar-refractivity contribution in [2.24, 2.45) is 0 Å². The average molecular weight is 651 g/mol. The molecule has 0 atom stereocenters. The monoisotopic (exact) mass is 650 g/mol. The number of likely N-dealkylation sites (N-methyl/N-ethyl adjacent to an activating group) is 1. The zero-order chi connectivity index (χ0) is 33.8. The molecule has 6 rings (SSSR count). The van der Waals surface area contributed by atoms with E-state index in [-0.39, 0.29) is 17.8 Å². The second kappa shape index (κ2) is 13.9. The van der Waals surface area contributed by atoms with Gasteiger partial charge in [-0.05, 0) is 86.0 Å². The van der Waals surface area contributed by atoms with Crippen molar-refractivity contribution in [2.75, 3.05) is 43.4 Å². The Morgan fingerprint density at radius 2 is 1.62 bits per heavy atom. The maximum absolute atomic E-state index is 14.1. The molecule has 246 valence electrons. The molecule has 48 heavy (non-hydrogen) atoms. The quantitative estimate of drug-likeness (QED) is 0.179. The van der Waals surface area contributed by atoms with E-state index in [0.717, 1.165) is 48.3 Å². The van der Waals surface area contributed by atoms with Gasteiger partial charge in [0.2, 0.25) is 0 Å². The van der Waals surface area contributed by atoms with Crippen LogP contribution >= 0.6 is 0 Å². The van der Waals surface area contributed by atoms with Crippen LogP contribution in [-0.2, 0) is 12.7 Å². The smallest absolute Gasteiger partial charge is 0.352 e. The summed E-state index contributed by atoms with van der Waals surface area (Å²) in [5.74, 6) is 5.81. The summed E-state index contributed by atoms with van der Waals surface area (Å²) in [4.78, 5) is 22.1. The molecule has 0 aliphatic carbocycles. The molecule has 0 unspecified atom stereocenters. The van der Waals surface area contributed by atoms with Crippen LogP contribution in [-0.4, -0.2) is 57.8 Å². The number of aromatic nitrogens is 2. The Bertz CT molecular complexity index is 2000. The SMILES string of the molecule is CCN1CCN(Cc2ccc(NC(=O)c3ccc(C)c(C#Cc4cnc5c(Nc6ccc(C)cc6)cccn45)c3)cc2C(F)(F)F)CC1. The summed E-state index contributed by atoms with van der Waals surface area (Å²) in [5, 5.41) is 6.06. The number of amides is 1. The molecule has 2 aromatic heterocycles. The van der Waals surface area contributed by atoms with Crippen molar-refractivity contribution in [2.45, 2.75) is 33.5 Å². The fourth-order valence-corrected chi connectivity index (χ4v) is 5.79. The number of benzene rings is 3. The second-order valence-corrected chi connectivity index (χ2v) is 12.1. The molecule has 5 aromatic rings. The number of piperazine rings is 1. The maximum atomic E-state index is 14.1. The van der Waals surface area contributed by atoms with Gasteiger partial charge in [-0.1, -0.05) is 42.7 Å². The molecule has 3 heterocycles. The van der Waals surface area contributed by atoms with Gasteiger partial charge in [-0.2, -0.15) is 13.2 Å². The van der Waals surface area contributed by atoms with Gasteiger partial charge in [0.25, 0.3) is 5.91 Å². The number of nitrogens with one attached hydrogen (secondary N) is 2. The van der Waals surface area contributed by atoms with E-state index in [2.05, 4.69) is 39.3 Å². The topological polar surface area (TPSA) is 64.9 Å². The van der Waals surface area contributed by atoms with Crippen LogP contribution in [0.4, 0.5) is 30.2 Å². The lowest BCUT2D eigenvalue weighted by Gasteiger charge is -2.34. The molecule has 10 heteroatoms. The number of imidazole rings is 1. The van der Waals surface area contributed by atoms with Gasteiger partial charge in [0.1, 0.15) is 5.69 Å². The summed E-state index contributed by atoms with van der Waals surface area (Å²) >= 11 is 0. The third-order valence-corrected chi connectivity index (χ3v) is 8.67. The zero-order valence-electron chi connectivity index (χ0n) is 27.2. The van der Waals surface area contributed by atoms with Crippen LogP contribution < -0.4 is 10.6 Å². The Hall–Kier alpha value is -5.11. The number of carbonyl (C=O) groups is 1. The summed E-state index contributed by atoms with van der Waals surface area (Å²) in [6.07, 6.45) is -0.971. The fourth-order valence-electron chi connectivity index (χ4n) is 5.79. The number of carbonyl (C=O) groups excluding carboxylic acids is 1. The van der Waals surface area contributed by atoms with Crippen molar-refractivity contribution in [3.63, 3.8) is 0 Å². The number of aryl methyl sites for hydroxylation is 2. The molecule has 0 saturated carbocycles. The first-order valence-electron chi connectivity index (χ1n) is 16.0. The molecule has 1 saturated heterocycles. The number of pyridine rings is 1. The normalized spacial score (nSPS) is 14.0. The van der Waals surface area contributed by atoms with Crippen LogP contribution in [0.1, 0.15) is 50.8 Å². The van der Waals surface area contributed by atoms with Crippen molar-refractivity contribution in [3.05, 3.63) is 124 Å². The number of hydrogen-bond acceptors (Lipinski definition) is 5. The minimum absolute atomic E-state index is 0.0841. The molecule has 7 nitrogen and oxygen atoms in total. The molecule has 0 spiro atoms. The van der Waals surface area contributed by atoms with Crippen molar-refractivity contribution in [3.8, 4) is 11.8 Å². The lowest BCUT2D eigenvalue weighted by atomic mass is 10.0. The number of fused-ring (bicyclic) bond motifs is 1. The summed E-state index contributed by atoms with van der Waals surface area (Å²) < 4.78 is 44.3. The van der Waals surface area contributed by atoms with Gasteiger partial charge in [0, 0.05) is 61.4 Å². The molecule has 2 N–H and O–H groups in total. The molecule has 1 aliphatic rings. The summed E-state index contributed by atoms with van der Waals surface area (Å²) in [5.41, 5.74) is 5.66. The molecule has 0 radical (unpaired) electrons. The Labute approximate surface area is 278 Å². The molecule has 1 aliphatic heterocycles. The van der Waals surface area contributed by atoms with Crippen LogP contribution in [0.2, 0.25) is 0 Å². The van der Waals surface area contributed by atoms with Gasteiger partial charge < -0.3 is 15.5 Å². The van der Waals surface area contributed by atoms with Crippen LogP contribution in [0.15, 0.2) is 85.2 Å². The Kier molecular flexibility index (Phi) is 9.53. The molecular formula is C38H37F3N6O. The molecule has 3 aromatic carbocycles. The molecular weight excluding hydrogens is 613 g/mol. The molecule has 0 bridgehead atoms. The van der Waals surface area contributed by atoms with Gasteiger partial charge in [-0.25, -0.2) is 4.98 Å². The van der Waals surface area contributed by atoms with E-state index in [0.29, 0.717) is 29.9 Å². The number of alkyl halides is 3. The van der Waals surface area contributed by atoms with Crippen LogP contribution in [0, 0.1) is 25.7 Å². The van der Waals surface area contributed by atoms with E-state index in [1.54, 1.807) is 24.4 Å². The number of hydrogen-bond donors (Lipinski definition) is 2. The third-order valence-electron chi connectivity index (χ3n) is 8.67. The third kappa shape index (κ3) is 7.54. The number of anilines is 3. The summed E-state index contributed by atoms with van der Waals surface area (Å²) in [6.45, 7) is 10.2. The highest BCUT2D eigenvalue weighted by atomic mass is 19.4. The number of nitrogens with zero attached hydrogens (tertiary/aromatic N) is 4. The maximum Gasteiger partial charge on any atom is 0.416 e. The second-order valence-electron chi connectivity index (χ2n) is 12.1. The Morgan fingerprint density at radius 1 is 0.896 bits per heavy atom. The van der Waals surface area contributed by atoms with Gasteiger partial charge >= 0.3 is 6.18 Å². The Morgan fingerprint density at radius 3 is 2.35 bits per heavy atom. The number of rotatable bonds is 7. The largest absolute Gasteiger partial charge is 0.416 e. The van der Waals surface area contributed by atoms with Crippen molar-refractivity contribution >= 4 is 28.6 Å². The summed E-state index contributed by atoms with van der Waals surface area (Å²) in [6, 6.07) is 21.1.